The molecule has 4 heterocycles. The molecule has 0 spiro atoms. The highest BCUT2D eigenvalue weighted by Crippen LogP contribution is 2.41. The fourth-order valence-electron chi connectivity index (χ4n) is 4.84. The highest BCUT2D eigenvalue weighted by atomic mass is 35.5. The molecule has 9 heteroatoms. The van der Waals surface area contributed by atoms with Gasteiger partial charge in [0.05, 0.1) is 34.4 Å². The Kier molecular flexibility index (Phi) is 4.66. The van der Waals surface area contributed by atoms with Crippen molar-refractivity contribution >= 4 is 44.9 Å². The standard InChI is InChI=1S/C23H21ClN6OS/c1-14-2-5-19(30-25-7-8-26-30)18(10-14)23(31)28-9-6-15-12-29(20(15)13-28)22-17-4-3-16(24)11-21(17)32-27-22/h2-5,7-8,10-11,15,20H,6,9,12-13H2,1H3/t15-,20-/m0/s1. The number of benzene rings is 2. The number of hydrogen-bond acceptors (Lipinski definition) is 6. The Hall–Kier alpha value is -2.97. The predicted molar refractivity (Wildman–Crippen MR) is 126 cm³/mol. The number of anilines is 1. The summed E-state index contributed by atoms with van der Waals surface area (Å²) in [5.41, 5.74) is 2.39. The highest BCUT2D eigenvalue weighted by Gasteiger charge is 2.45. The van der Waals surface area contributed by atoms with Crippen molar-refractivity contribution < 1.29 is 4.79 Å². The van der Waals surface area contributed by atoms with Crippen molar-refractivity contribution in [3.63, 3.8) is 0 Å². The van der Waals surface area contributed by atoms with Crippen molar-refractivity contribution in [1.82, 2.24) is 24.3 Å². The zero-order valence-electron chi connectivity index (χ0n) is 17.5. The molecule has 0 aliphatic carbocycles. The van der Waals surface area contributed by atoms with Gasteiger partial charge in [-0.05, 0) is 55.2 Å². The van der Waals surface area contributed by atoms with Gasteiger partial charge in [-0.15, -0.1) is 0 Å². The van der Waals surface area contributed by atoms with Crippen LogP contribution in [0.1, 0.15) is 22.3 Å². The van der Waals surface area contributed by atoms with Crippen LogP contribution in [0.5, 0.6) is 0 Å². The lowest BCUT2D eigenvalue weighted by Gasteiger charge is -2.53. The van der Waals surface area contributed by atoms with E-state index in [1.165, 1.54) is 16.3 Å². The van der Waals surface area contributed by atoms with Gasteiger partial charge < -0.3 is 9.80 Å². The Labute approximate surface area is 194 Å². The number of aromatic nitrogens is 4. The first-order valence-corrected chi connectivity index (χ1v) is 11.8. The van der Waals surface area contributed by atoms with E-state index in [0.717, 1.165) is 46.0 Å². The Morgan fingerprint density at radius 1 is 1.12 bits per heavy atom. The molecule has 7 nitrogen and oxygen atoms in total. The van der Waals surface area contributed by atoms with Crippen LogP contribution in [0.4, 0.5) is 5.82 Å². The minimum atomic E-state index is 0.0289. The summed E-state index contributed by atoms with van der Waals surface area (Å²) >= 11 is 7.63. The summed E-state index contributed by atoms with van der Waals surface area (Å²) in [4.78, 5) is 19.4. The van der Waals surface area contributed by atoms with E-state index >= 15 is 0 Å². The van der Waals surface area contributed by atoms with Crippen LogP contribution in [-0.2, 0) is 0 Å². The lowest BCUT2D eigenvalue weighted by atomic mass is 9.82. The number of piperidine rings is 1. The molecule has 2 saturated heterocycles. The van der Waals surface area contributed by atoms with Crippen LogP contribution in [0.3, 0.4) is 0 Å². The van der Waals surface area contributed by atoms with Crippen LogP contribution in [0.15, 0.2) is 48.8 Å². The van der Waals surface area contributed by atoms with Gasteiger partial charge in [-0.3, -0.25) is 4.79 Å². The molecular weight excluding hydrogens is 444 g/mol. The quantitative estimate of drug-likeness (QED) is 0.454. The van der Waals surface area contributed by atoms with E-state index in [0.29, 0.717) is 23.7 Å². The van der Waals surface area contributed by atoms with E-state index in [1.807, 2.05) is 48.2 Å². The molecule has 0 bridgehead atoms. The van der Waals surface area contributed by atoms with Crippen LogP contribution in [0.25, 0.3) is 15.8 Å². The fourth-order valence-corrected chi connectivity index (χ4v) is 5.90. The van der Waals surface area contributed by atoms with Gasteiger partial charge in [-0.25, -0.2) is 0 Å². The largest absolute Gasteiger partial charge is 0.350 e. The maximum Gasteiger partial charge on any atom is 0.256 e. The van der Waals surface area contributed by atoms with Crippen LogP contribution >= 0.6 is 23.1 Å². The Bertz CT molecular complexity index is 1320. The van der Waals surface area contributed by atoms with Crippen molar-refractivity contribution in [2.45, 2.75) is 19.4 Å². The number of halogens is 1. The lowest BCUT2D eigenvalue weighted by Crippen LogP contribution is -2.65. The SMILES string of the molecule is Cc1ccc(-n2nccn2)c(C(=O)N2CC[C@H]3CN(c4nsc5cc(Cl)ccc45)[C@H]3C2)c1. The number of likely N-dealkylation sites (tertiary alicyclic amines) is 1. The van der Waals surface area contributed by atoms with Gasteiger partial charge in [0.25, 0.3) is 5.91 Å². The summed E-state index contributed by atoms with van der Waals surface area (Å²) in [5.74, 6) is 1.63. The van der Waals surface area contributed by atoms with E-state index in [9.17, 15) is 4.79 Å². The molecule has 0 N–H and O–H groups in total. The van der Waals surface area contributed by atoms with Gasteiger partial charge in [-0.1, -0.05) is 23.2 Å². The van der Waals surface area contributed by atoms with Crippen LogP contribution < -0.4 is 4.90 Å². The first-order chi connectivity index (χ1) is 15.6. The zero-order valence-corrected chi connectivity index (χ0v) is 19.1. The fraction of sp³-hybridized carbons (Fsp3) is 0.304. The number of hydrogen-bond donors (Lipinski definition) is 0. The third-order valence-corrected chi connectivity index (χ3v) is 7.58. The van der Waals surface area contributed by atoms with Gasteiger partial charge in [0.1, 0.15) is 0 Å². The molecule has 162 valence electrons. The first-order valence-electron chi connectivity index (χ1n) is 10.7. The van der Waals surface area contributed by atoms with Gasteiger partial charge in [0, 0.05) is 36.0 Å². The van der Waals surface area contributed by atoms with Gasteiger partial charge in [0.15, 0.2) is 5.82 Å². The molecule has 0 radical (unpaired) electrons. The molecule has 4 aromatic rings. The molecule has 2 aliphatic rings. The number of rotatable bonds is 3. The van der Waals surface area contributed by atoms with Crippen LogP contribution in [0.2, 0.25) is 5.02 Å². The van der Waals surface area contributed by atoms with E-state index < -0.39 is 0 Å². The molecule has 32 heavy (non-hydrogen) atoms. The van der Waals surface area contributed by atoms with Crippen molar-refractivity contribution in [3.05, 3.63) is 64.9 Å². The third-order valence-electron chi connectivity index (χ3n) is 6.54. The van der Waals surface area contributed by atoms with E-state index in [4.69, 9.17) is 16.0 Å². The summed E-state index contributed by atoms with van der Waals surface area (Å²) in [6.07, 6.45) is 4.25. The molecule has 6 rings (SSSR count). The molecule has 1 amide bonds. The maximum absolute atomic E-state index is 13.6. The van der Waals surface area contributed by atoms with Crippen molar-refractivity contribution in [2.24, 2.45) is 5.92 Å². The lowest BCUT2D eigenvalue weighted by molar-refractivity contribution is 0.0591. The molecular formula is C23H21ClN6OS. The molecule has 2 aliphatic heterocycles. The third kappa shape index (κ3) is 3.17. The molecule has 0 saturated carbocycles. The molecule has 2 atom stereocenters. The monoisotopic (exact) mass is 464 g/mol. The highest BCUT2D eigenvalue weighted by molar-refractivity contribution is 7.13. The zero-order chi connectivity index (χ0) is 21.8. The van der Waals surface area contributed by atoms with Gasteiger partial charge in [-0.2, -0.15) is 19.4 Å². The second-order valence-corrected chi connectivity index (χ2v) is 9.75. The number of fused-ring (bicyclic) bond motifs is 2. The average molecular weight is 465 g/mol. The molecule has 0 unspecified atom stereocenters. The number of carbonyl (C=O) groups is 1. The average Bonchev–Trinajstić information content (AvgIpc) is 3.44. The van der Waals surface area contributed by atoms with Crippen molar-refractivity contribution in [3.8, 4) is 5.69 Å². The number of aryl methyl sites for hydroxylation is 1. The minimum Gasteiger partial charge on any atom is -0.350 e. The Balaban J connectivity index is 1.28. The maximum atomic E-state index is 13.6. The second kappa shape index (κ2) is 7.56. The van der Waals surface area contributed by atoms with E-state index in [2.05, 4.69) is 15.1 Å². The Morgan fingerprint density at radius 3 is 2.81 bits per heavy atom. The minimum absolute atomic E-state index is 0.0289. The molecule has 2 aromatic heterocycles. The van der Waals surface area contributed by atoms with Gasteiger partial charge in [0.2, 0.25) is 0 Å². The van der Waals surface area contributed by atoms with E-state index in [-0.39, 0.29) is 11.9 Å². The predicted octanol–water partition coefficient (Wildman–Crippen LogP) is 4.19. The van der Waals surface area contributed by atoms with Crippen LogP contribution in [0, 0.1) is 12.8 Å². The van der Waals surface area contributed by atoms with Crippen molar-refractivity contribution in [1.29, 1.82) is 0 Å². The smallest absolute Gasteiger partial charge is 0.256 e. The summed E-state index contributed by atoms with van der Waals surface area (Å²) in [6.45, 7) is 4.44. The number of amides is 1. The van der Waals surface area contributed by atoms with Crippen LogP contribution in [-0.4, -0.2) is 55.9 Å². The summed E-state index contributed by atoms with van der Waals surface area (Å²) in [6, 6.07) is 12.0. The van der Waals surface area contributed by atoms with Gasteiger partial charge >= 0.3 is 0 Å². The summed E-state index contributed by atoms with van der Waals surface area (Å²) < 4.78 is 5.82. The van der Waals surface area contributed by atoms with Crippen molar-refractivity contribution in [2.75, 3.05) is 24.5 Å². The summed E-state index contributed by atoms with van der Waals surface area (Å²) in [7, 11) is 0. The normalized spacial score (nSPS) is 20.3. The number of nitrogens with zero attached hydrogens (tertiary/aromatic N) is 6. The molecule has 2 aromatic carbocycles. The topological polar surface area (TPSA) is 67.2 Å². The van der Waals surface area contributed by atoms with E-state index in [1.54, 1.807) is 12.4 Å². The Morgan fingerprint density at radius 2 is 1.97 bits per heavy atom. The molecule has 2 fully saturated rings. The second-order valence-electron chi connectivity index (χ2n) is 8.51. The number of carbonyl (C=O) groups excluding carboxylic acids is 1. The summed E-state index contributed by atoms with van der Waals surface area (Å²) in [5, 5.41) is 10.3. The first kappa shape index (κ1) is 19.7.